The molecule has 7 heteroatoms. The molecule has 0 bridgehead atoms. The molecule has 1 aromatic carbocycles. The third-order valence-electron chi connectivity index (χ3n) is 4.29. The molecular formula is C23H23N3O3Pd. The van der Waals surface area contributed by atoms with Crippen LogP contribution in [0.15, 0.2) is 84.1 Å². The minimum atomic E-state index is -1.30. The first-order valence-corrected chi connectivity index (χ1v) is 9.36. The minimum Gasteiger partial charge on any atom is -0.858 e. The summed E-state index contributed by atoms with van der Waals surface area (Å²) in [6, 6.07) is 18.9. The fourth-order valence-corrected chi connectivity index (χ4v) is 2.45. The first kappa shape index (κ1) is 25.2. The van der Waals surface area contributed by atoms with Crippen molar-refractivity contribution < 1.29 is 35.4 Å². The number of carboxylic acid groups (broad SMARTS) is 1. The van der Waals surface area contributed by atoms with Crippen LogP contribution in [0.3, 0.4) is 0 Å². The summed E-state index contributed by atoms with van der Waals surface area (Å²) in [7, 11) is 0. The Bertz CT molecular complexity index is 869. The zero-order valence-corrected chi connectivity index (χ0v) is 18.3. The number of benzene rings is 1. The van der Waals surface area contributed by atoms with Crippen molar-refractivity contribution >= 4 is 11.9 Å². The van der Waals surface area contributed by atoms with Gasteiger partial charge in [-0.15, -0.1) is 0 Å². The maximum absolute atomic E-state index is 11.7. The molecule has 0 radical (unpaired) electrons. The average molecular weight is 496 g/mol. The number of carboxylic acids is 1. The van der Waals surface area contributed by atoms with Crippen LogP contribution in [0.4, 0.5) is 0 Å². The Balaban J connectivity index is 0.000000304. The second-order valence-corrected chi connectivity index (χ2v) is 6.38. The van der Waals surface area contributed by atoms with Crippen molar-refractivity contribution in [3.05, 3.63) is 84.7 Å². The van der Waals surface area contributed by atoms with Gasteiger partial charge in [-0.1, -0.05) is 62.7 Å². The third kappa shape index (κ3) is 7.86. The molecule has 0 saturated heterocycles. The molecule has 2 unspecified atom stereocenters. The van der Waals surface area contributed by atoms with Gasteiger partial charge in [0.05, 0.1) is 23.4 Å². The molecule has 2 aromatic heterocycles. The van der Waals surface area contributed by atoms with Gasteiger partial charge in [0.2, 0.25) is 0 Å². The number of hydrogen-bond donors (Lipinski definition) is 0. The van der Waals surface area contributed by atoms with Gasteiger partial charge in [-0.3, -0.25) is 15.0 Å². The van der Waals surface area contributed by atoms with Crippen molar-refractivity contribution in [1.29, 1.82) is 0 Å². The molecule has 158 valence electrons. The Kier molecular flexibility index (Phi) is 11.2. The number of hydrogen-bond acceptors (Lipinski definition) is 6. The zero-order valence-electron chi connectivity index (χ0n) is 16.7. The van der Waals surface area contributed by atoms with Gasteiger partial charge < -0.3 is 15.0 Å². The fraction of sp³-hybridized carbons (Fsp3) is 0.217. The van der Waals surface area contributed by atoms with Gasteiger partial charge in [0.25, 0.3) is 0 Å². The van der Waals surface area contributed by atoms with Crippen molar-refractivity contribution in [1.82, 2.24) is 9.97 Å². The summed E-state index contributed by atoms with van der Waals surface area (Å²) >= 11 is 0. The quantitative estimate of drug-likeness (QED) is 0.296. The second-order valence-electron chi connectivity index (χ2n) is 6.38. The molecule has 0 N–H and O–H groups in total. The number of aromatic nitrogens is 2. The Labute approximate surface area is 190 Å². The van der Waals surface area contributed by atoms with E-state index in [1.165, 1.54) is 0 Å². The molecule has 6 nitrogen and oxygen atoms in total. The molecule has 30 heavy (non-hydrogen) atoms. The van der Waals surface area contributed by atoms with Gasteiger partial charge in [0.1, 0.15) is 0 Å². The Morgan fingerprint density at radius 3 is 1.80 bits per heavy atom. The molecular weight excluding hydrogens is 473 g/mol. The van der Waals surface area contributed by atoms with E-state index < -0.39 is 17.9 Å². The maximum Gasteiger partial charge on any atom is 2.00 e. The summed E-state index contributed by atoms with van der Waals surface area (Å²) in [5, 5.41) is 22.6. The summed E-state index contributed by atoms with van der Waals surface area (Å²) in [6.45, 7) is 3.59. The molecule has 3 aromatic rings. The van der Waals surface area contributed by atoms with E-state index in [1.54, 1.807) is 49.6 Å². The minimum absolute atomic E-state index is 0. The number of nitrogens with zero attached hydrogens (tertiary/aromatic N) is 3. The largest absolute Gasteiger partial charge is 2.00 e. The number of carbonyl (C=O) groups is 1. The van der Waals surface area contributed by atoms with Crippen molar-refractivity contribution in [2.24, 2.45) is 10.9 Å². The number of pyridine rings is 2. The van der Waals surface area contributed by atoms with E-state index in [4.69, 9.17) is 0 Å². The first-order valence-electron chi connectivity index (χ1n) is 9.36. The SMILES string of the molecule is CCC(C)C(N=C([O-])c1ccccc1)C(=O)[O-].[Pd+2].c1ccc(-c2ccccn2)nc1. The maximum atomic E-state index is 11.7. The van der Waals surface area contributed by atoms with E-state index in [1.807, 2.05) is 43.3 Å². The van der Waals surface area contributed by atoms with E-state index in [-0.39, 0.29) is 26.3 Å². The second kappa shape index (κ2) is 13.4. The van der Waals surface area contributed by atoms with Crippen molar-refractivity contribution in [2.75, 3.05) is 0 Å². The van der Waals surface area contributed by atoms with Crippen LogP contribution in [0.2, 0.25) is 0 Å². The van der Waals surface area contributed by atoms with Gasteiger partial charge in [-0.05, 0) is 41.6 Å². The van der Waals surface area contributed by atoms with Crippen LogP contribution in [0.1, 0.15) is 25.8 Å². The van der Waals surface area contributed by atoms with Crippen molar-refractivity contribution in [3.63, 3.8) is 0 Å². The summed E-state index contributed by atoms with van der Waals surface area (Å²) in [4.78, 5) is 23.0. The molecule has 2 heterocycles. The van der Waals surface area contributed by atoms with Crippen LogP contribution in [0.25, 0.3) is 11.4 Å². The van der Waals surface area contributed by atoms with E-state index in [0.717, 1.165) is 11.4 Å². The van der Waals surface area contributed by atoms with Crippen LogP contribution in [0, 0.1) is 5.92 Å². The molecule has 3 rings (SSSR count). The Morgan fingerprint density at radius 1 is 0.900 bits per heavy atom. The van der Waals surface area contributed by atoms with Crippen LogP contribution >= 0.6 is 0 Å². The molecule has 0 saturated carbocycles. The van der Waals surface area contributed by atoms with Crippen LogP contribution in [-0.2, 0) is 25.2 Å². The van der Waals surface area contributed by atoms with E-state index in [9.17, 15) is 15.0 Å². The predicted octanol–water partition coefficient (Wildman–Crippen LogP) is 2.10. The third-order valence-corrected chi connectivity index (χ3v) is 4.29. The number of rotatable bonds is 6. The van der Waals surface area contributed by atoms with Crippen LogP contribution < -0.4 is 10.2 Å². The molecule has 0 aliphatic rings. The Hall–Kier alpha value is -2.88. The van der Waals surface area contributed by atoms with Crippen molar-refractivity contribution in [2.45, 2.75) is 26.3 Å². The van der Waals surface area contributed by atoms with Gasteiger partial charge in [0.15, 0.2) is 0 Å². The average Bonchev–Trinajstić information content (AvgIpc) is 2.79. The van der Waals surface area contributed by atoms with Gasteiger partial charge >= 0.3 is 20.4 Å². The van der Waals surface area contributed by atoms with E-state index >= 15 is 0 Å². The topological polar surface area (TPSA) is 101 Å². The number of aliphatic imine (C=N–C) groups is 1. The molecule has 0 aliphatic carbocycles. The fourth-order valence-electron chi connectivity index (χ4n) is 2.45. The van der Waals surface area contributed by atoms with Gasteiger partial charge in [-0.2, -0.15) is 0 Å². The number of aliphatic carboxylic acids is 1. The summed E-state index contributed by atoms with van der Waals surface area (Å²) in [5.74, 6) is -2.03. The Morgan fingerprint density at radius 2 is 1.40 bits per heavy atom. The van der Waals surface area contributed by atoms with Crippen LogP contribution in [0.5, 0.6) is 0 Å². The van der Waals surface area contributed by atoms with Crippen molar-refractivity contribution in [3.8, 4) is 11.4 Å². The molecule has 0 fully saturated rings. The molecule has 2 atom stereocenters. The molecule has 0 spiro atoms. The van der Waals surface area contributed by atoms with Gasteiger partial charge in [-0.25, -0.2) is 0 Å². The standard InChI is InChI=1S/C13H17NO3.C10H8N2.Pd/c1-3-9(2)11(13(16)17)14-12(15)10-7-5-4-6-8-10;1-3-7-11-9(5-1)10-6-2-4-8-12-10;/h4-9,11H,3H2,1-2H3,(H,14,15)(H,16,17);1-8H;/q;;+2/p-2. The number of carbonyl (C=O) groups excluding carboxylic acids is 1. The zero-order chi connectivity index (χ0) is 21.1. The molecule has 0 aliphatic heterocycles. The summed E-state index contributed by atoms with van der Waals surface area (Å²) in [6.07, 6.45) is 4.16. The smallest absolute Gasteiger partial charge is 0.858 e. The summed E-state index contributed by atoms with van der Waals surface area (Å²) in [5.41, 5.74) is 2.22. The van der Waals surface area contributed by atoms with E-state index in [0.29, 0.717) is 12.0 Å². The normalized spacial score (nSPS) is 12.5. The predicted molar refractivity (Wildman–Crippen MR) is 109 cm³/mol. The van der Waals surface area contributed by atoms with Crippen LogP contribution in [-0.4, -0.2) is 27.9 Å². The van der Waals surface area contributed by atoms with Gasteiger partial charge in [0, 0.05) is 12.4 Å². The first-order chi connectivity index (χ1) is 14.0. The monoisotopic (exact) mass is 495 g/mol. The molecule has 0 amide bonds. The summed E-state index contributed by atoms with van der Waals surface area (Å²) < 4.78 is 0. The van der Waals surface area contributed by atoms with E-state index in [2.05, 4.69) is 15.0 Å².